The molecule has 1 aliphatic heterocycles. The molecule has 1 N–H and O–H groups in total. The van der Waals surface area contributed by atoms with Crippen molar-refractivity contribution in [3.8, 4) is 0 Å². The average molecular weight is 280 g/mol. The van der Waals surface area contributed by atoms with Crippen LogP contribution in [-0.4, -0.2) is 18.9 Å². The quantitative estimate of drug-likeness (QED) is 0.791. The molecule has 0 radical (unpaired) electrons. The van der Waals surface area contributed by atoms with Gasteiger partial charge in [0, 0.05) is 15.5 Å². The Morgan fingerprint density at radius 3 is 2.75 bits per heavy atom. The van der Waals surface area contributed by atoms with Crippen LogP contribution in [0, 0.1) is 5.41 Å². The largest absolute Gasteiger partial charge is 0.317 e. The van der Waals surface area contributed by atoms with Gasteiger partial charge in [-0.3, -0.25) is 4.79 Å². The summed E-state index contributed by atoms with van der Waals surface area (Å²) < 4.78 is 1.01. The third kappa shape index (κ3) is 1.45. The van der Waals surface area contributed by atoms with E-state index in [0.717, 1.165) is 42.4 Å². The molecule has 0 unspecified atom stereocenters. The first-order valence-corrected chi connectivity index (χ1v) is 6.55. The number of ketones is 1. The van der Waals surface area contributed by atoms with Crippen molar-refractivity contribution in [1.82, 2.24) is 5.32 Å². The second-order valence-corrected chi connectivity index (χ2v) is 5.75. The van der Waals surface area contributed by atoms with Gasteiger partial charge in [-0.1, -0.05) is 22.0 Å². The molecule has 3 rings (SSSR count). The van der Waals surface area contributed by atoms with Gasteiger partial charge in [0.1, 0.15) is 0 Å². The minimum atomic E-state index is -0.0889. The molecule has 0 saturated carbocycles. The number of carbonyl (C=O) groups is 1. The van der Waals surface area contributed by atoms with Crippen molar-refractivity contribution in [2.24, 2.45) is 5.41 Å². The fraction of sp³-hybridized carbons (Fsp3) is 0.462. The van der Waals surface area contributed by atoms with E-state index in [-0.39, 0.29) is 5.41 Å². The van der Waals surface area contributed by atoms with Gasteiger partial charge in [0.25, 0.3) is 0 Å². The zero-order chi connectivity index (χ0) is 11.2. The van der Waals surface area contributed by atoms with Gasteiger partial charge in [-0.2, -0.15) is 0 Å². The highest BCUT2D eigenvalue weighted by Crippen LogP contribution is 2.43. The van der Waals surface area contributed by atoms with Crippen molar-refractivity contribution in [1.29, 1.82) is 0 Å². The summed E-state index contributed by atoms with van der Waals surface area (Å²) in [6, 6.07) is 6.11. The van der Waals surface area contributed by atoms with E-state index in [9.17, 15) is 4.79 Å². The number of benzene rings is 1. The molecule has 2 aliphatic rings. The lowest BCUT2D eigenvalue weighted by Crippen LogP contribution is -2.40. The first-order chi connectivity index (χ1) is 7.71. The summed E-state index contributed by atoms with van der Waals surface area (Å²) in [4.78, 5) is 12.5. The summed E-state index contributed by atoms with van der Waals surface area (Å²) in [5, 5.41) is 3.33. The summed E-state index contributed by atoms with van der Waals surface area (Å²) in [5.41, 5.74) is 2.08. The van der Waals surface area contributed by atoms with Gasteiger partial charge in [-0.25, -0.2) is 0 Å². The molecule has 1 aromatic rings. The first kappa shape index (κ1) is 10.5. The van der Waals surface area contributed by atoms with Gasteiger partial charge < -0.3 is 5.32 Å². The Morgan fingerprint density at radius 2 is 2.00 bits per heavy atom. The van der Waals surface area contributed by atoms with Crippen LogP contribution in [0.2, 0.25) is 0 Å². The highest BCUT2D eigenvalue weighted by molar-refractivity contribution is 9.10. The highest BCUT2D eigenvalue weighted by Gasteiger charge is 2.45. The second kappa shape index (κ2) is 3.67. The molecule has 1 heterocycles. The first-order valence-electron chi connectivity index (χ1n) is 5.75. The molecule has 1 spiro atoms. The van der Waals surface area contributed by atoms with Crippen LogP contribution in [0.5, 0.6) is 0 Å². The molecule has 1 fully saturated rings. The third-order valence-electron chi connectivity index (χ3n) is 3.89. The molecule has 1 aromatic carbocycles. The van der Waals surface area contributed by atoms with E-state index < -0.39 is 0 Å². The number of nitrogens with one attached hydrogen (secondary N) is 1. The van der Waals surface area contributed by atoms with E-state index in [1.54, 1.807) is 0 Å². The van der Waals surface area contributed by atoms with Crippen molar-refractivity contribution >= 4 is 21.7 Å². The molecule has 0 amide bonds. The molecule has 0 bridgehead atoms. The van der Waals surface area contributed by atoms with Gasteiger partial charge in [0.2, 0.25) is 0 Å². The van der Waals surface area contributed by atoms with E-state index in [0.29, 0.717) is 5.78 Å². The lowest BCUT2D eigenvalue weighted by Gasteiger charge is -2.31. The van der Waals surface area contributed by atoms with Crippen LogP contribution in [0.3, 0.4) is 0 Å². The minimum Gasteiger partial charge on any atom is -0.317 e. The Kier molecular flexibility index (Phi) is 2.41. The van der Waals surface area contributed by atoms with E-state index in [4.69, 9.17) is 0 Å². The van der Waals surface area contributed by atoms with Crippen molar-refractivity contribution in [2.45, 2.75) is 19.3 Å². The van der Waals surface area contributed by atoms with Crippen molar-refractivity contribution in [3.05, 3.63) is 33.8 Å². The molecule has 16 heavy (non-hydrogen) atoms. The van der Waals surface area contributed by atoms with Gasteiger partial charge in [-0.15, -0.1) is 0 Å². The topological polar surface area (TPSA) is 29.1 Å². The van der Waals surface area contributed by atoms with E-state index in [2.05, 4.69) is 27.3 Å². The summed E-state index contributed by atoms with van der Waals surface area (Å²) in [7, 11) is 0. The Balaban J connectivity index is 2.02. The molecule has 1 aliphatic carbocycles. The standard InChI is InChI=1S/C13H14BrNO/c14-10-2-1-9-8-13(3-5-15-6-4-13)12(16)11(9)7-10/h1-2,7,15H,3-6,8H2. The van der Waals surface area contributed by atoms with Gasteiger partial charge in [-0.05, 0) is 50.0 Å². The normalized spacial score (nSPS) is 22.4. The number of hydrogen-bond donors (Lipinski definition) is 1. The monoisotopic (exact) mass is 279 g/mol. The fourth-order valence-corrected chi connectivity index (χ4v) is 3.31. The number of rotatable bonds is 0. The second-order valence-electron chi connectivity index (χ2n) is 4.84. The maximum Gasteiger partial charge on any atom is 0.169 e. The number of fused-ring (bicyclic) bond motifs is 1. The third-order valence-corrected chi connectivity index (χ3v) is 4.38. The smallest absolute Gasteiger partial charge is 0.169 e. The number of Topliss-reactive ketones (excluding diaryl/α,β-unsaturated/α-hetero) is 1. The van der Waals surface area contributed by atoms with Crippen molar-refractivity contribution in [2.75, 3.05) is 13.1 Å². The highest BCUT2D eigenvalue weighted by atomic mass is 79.9. The van der Waals surface area contributed by atoms with Crippen molar-refractivity contribution in [3.63, 3.8) is 0 Å². The summed E-state index contributed by atoms with van der Waals surface area (Å²) in [5.74, 6) is 0.366. The molecule has 2 nitrogen and oxygen atoms in total. The predicted octanol–water partition coefficient (Wildman–Crippen LogP) is 2.56. The van der Waals surface area contributed by atoms with Crippen LogP contribution in [0.1, 0.15) is 28.8 Å². The number of carbonyl (C=O) groups excluding carboxylic acids is 1. The molecule has 3 heteroatoms. The van der Waals surface area contributed by atoms with Crippen LogP contribution in [-0.2, 0) is 6.42 Å². The maximum absolute atomic E-state index is 12.5. The summed E-state index contributed by atoms with van der Waals surface area (Å²) in [6.07, 6.45) is 2.91. The van der Waals surface area contributed by atoms with Gasteiger partial charge >= 0.3 is 0 Å². The maximum atomic E-state index is 12.5. The van der Waals surface area contributed by atoms with Crippen LogP contribution in [0.4, 0.5) is 0 Å². The van der Waals surface area contributed by atoms with E-state index in [1.165, 1.54) is 5.56 Å². The minimum absolute atomic E-state index is 0.0889. The molecule has 0 aromatic heterocycles. The van der Waals surface area contributed by atoms with Crippen molar-refractivity contribution < 1.29 is 4.79 Å². The molecular formula is C13H14BrNO. The van der Waals surface area contributed by atoms with Crippen LogP contribution < -0.4 is 5.32 Å². The zero-order valence-corrected chi connectivity index (χ0v) is 10.6. The zero-order valence-electron chi connectivity index (χ0n) is 9.05. The predicted molar refractivity (Wildman–Crippen MR) is 66.7 cm³/mol. The van der Waals surface area contributed by atoms with Gasteiger partial charge in [0.05, 0.1) is 0 Å². The number of piperidine rings is 1. The molecule has 84 valence electrons. The Bertz CT molecular complexity index is 449. The van der Waals surface area contributed by atoms with E-state index in [1.807, 2.05) is 12.1 Å². The SMILES string of the molecule is O=C1c2cc(Br)ccc2CC12CCNCC2. The van der Waals surface area contributed by atoms with Crippen LogP contribution >= 0.6 is 15.9 Å². The van der Waals surface area contributed by atoms with Crippen LogP contribution in [0.25, 0.3) is 0 Å². The lowest BCUT2D eigenvalue weighted by molar-refractivity contribution is 0.0762. The molecule has 1 saturated heterocycles. The Hall–Kier alpha value is -0.670. The number of hydrogen-bond acceptors (Lipinski definition) is 2. The molecular weight excluding hydrogens is 266 g/mol. The van der Waals surface area contributed by atoms with Crippen LogP contribution in [0.15, 0.2) is 22.7 Å². The lowest BCUT2D eigenvalue weighted by atomic mass is 9.75. The fourth-order valence-electron chi connectivity index (χ4n) is 2.95. The summed E-state index contributed by atoms with van der Waals surface area (Å²) in [6.45, 7) is 1.95. The molecule has 0 atom stereocenters. The number of halogens is 1. The van der Waals surface area contributed by atoms with Gasteiger partial charge in [0.15, 0.2) is 5.78 Å². The average Bonchev–Trinajstić information content (AvgIpc) is 2.55. The Labute approximate surface area is 104 Å². The van der Waals surface area contributed by atoms with E-state index >= 15 is 0 Å². The summed E-state index contributed by atoms with van der Waals surface area (Å²) >= 11 is 3.44. The Morgan fingerprint density at radius 1 is 1.25 bits per heavy atom.